The Labute approximate surface area is 106 Å². The van der Waals surface area contributed by atoms with E-state index in [1.165, 1.54) is 11.1 Å². The normalized spacial score (nSPS) is 13.0. The second-order valence-electron chi connectivity index (χ2n) is 4.76. The van der Waals surface area contributed by atoms with E-state index in [1.807, 2.05) is 0 Å². The van der Waals surface area contributed by atoms with Gasteiger partial charge < -0.3 is 10.2 Å². The van der Waals surface area contributed by atoms with Crippen molar-refractivity contribution in [2.45, 2.75) is 39.8 Å². The maximum atomic E-state index is 3.60. The first kappa shape index (κ1) is 14.2. The molecule has 1 aromatic carbocycles. The summed E-state index contributed by atoms with van der Waals surface area (Å²) in [7, 11) is 2.16. The Morgan fingerprint density at radius 3 is 2.41 bits per heavy atom. The number of rotatable bonds is 7. The van der Waals surface area contributed by atoms with E-state index in [1.54, 1.807) is 0 Å². The fraction of sp³-hybridized carbons (Fsp3) is 0.600. The topological polar surface area (TPSA) is 15.3 Å². The quantitative estimate of drug-likeness (QED) is 0.780. The first-order chi connectivity index (χ1) is 8.17. The number of aryl methyl sites for hydroxylation is 1. The van der Waals surface area contributed by atoms with Gasteiger partial charge in [-0.15, -0.1) is 0 Å². The molecule has 0 saturated carbocycles. The van der Waals surface area contributed by atoms with Crippen LogP contribution in [0.25, 0.3) is 0 Å². The van der Waals surface area contributed by atoms with Crippen LogP contribution in [0, 0.1) is 0 Å². The lowest BCUT2D eigenvalue weighted by molar-refractivity contribution is 0.309. The molecular weight excluding hydrogens is 208 g/mol. The van der Waals surface area contributed by atoms with E-state index in [4.69, 9.17) is 0 Å². The first-order valence-electron chi connectivity index (χ1n) is 6.66. The minimum Gasteiger partial charge on any atom is -0.309 e. The third-order valence-corrected chi connectivity index (χ3v) is 3.27. The lowest BCUT2D eigenvalue weighted by atomic mass is 10.1. The van der Waals surface area contributed by atoms with Crippen molar-refractivity contribution in [1.29, 1.82) is 0 Å². The van der Waals surface area contributed by atoms with Crippen LogP contribution in [0.5, 0.6) is 0 Å². The van der Waals surface area contributed by atoms with Crippen molar-refractivity contribution in [3.8, 4) is 0 Å². The van der Waals surface area contributed by atoms with Crippen LogP contribution in [0.4, 0.5) is 0 Å². The number of nitrogens with one attached hydrogen (secondary N) is 1. The molecule has 0 aromatic heterocycles. The molecule has 0 radical (unpaired) electrons. The zero-order chi connectivity index (χ0) is 12.7. The highest BCUT2D eigenvalue weighted by Crippen LogP contribution is 2.09. The number of hydrogen-bond acceptors (Lipinski definition) is 2. The lowest BCUT2D eigenvalue weighted by Crippen LogP contribution is -2.37. The highest BCUT2D eigenvalue weighted by atomic mass is 15.1. The van der Waals surface area contributed by atoms with Crippen LogP contribution < -0.4 is 5.32 Å². The summed E-state index contributed by atoms with van der Waals surface area (Å²) in [6, 6.07) is 9.22. The molecule has 1 atom stereocenters. The molecule has 96 valence electrons. The minimum atomic E-state index is 0.532. The van der Waals surface area contributed by atoms with Gasteiger partial charge in [0.1, 0.15) is 0 Å². The van der Waals surface area contributed by atoms with Crippen LogP contribution in [0.1, 0.15) is 31.9 Å². The molecular formula is C15H26N2. The average molecular weight is 234 g/mol. The monoisotopic (exact) mass is 234 g/mol. The average Bonchev–Trinajstić information content (AvgIpc) is 2.36. The molecule has 1 unspecified atom stereocenters. The SMILES string of the molecule is CCc1ccccc1CNC(C)CN(C)CC. The number of likely N-dealkylation sites (N-methyl/N-ethyl adjacent to an activating group) is 1. The van der Waals surface area contributed by atoms with E-state index in [2.05, 4.69) is 62.3 Å². The molecule has 0 aliphatic heterocycles. The van der Waals surface area contributed by atoms with E-state index in [0.29, 0.717) is 6.04 Å². The van der Waals surface area contributed by atoms with Crippen molar-refractivity contribution in [1.82, 2.24) is 10.2 Å². The number of benzene rings is 1. The molecule has 0 amide bonds. The maximum Gasteiger partial charge on any atom is 0.0211 e. The van der Waals surface area contributed by atoms with Gasteiger partial charge in [-0.3, -0.25) is 0 Å². The third kappa shape index (κ3) is 4.88. The second kappa shape index (κ2) is 7.46. The Morgan fingerprint density at radius 2 is 1.82 bits per heavy atom. The summed E-state index contributed by atoms with van der Waals surface area (Å²) in [6.45, 7) is 9.85. The van der Waals surface area contributed by atoms with Gasteiger partial charge in [0.2, 0.25) is 0 Å². The van der Waals surface area contributed by atoms with Crippen molar-refractivity contribution in [2.24, 2.45) is 0 Å². The fourth-order valence-electron chi connectivity index (χ4n) is 2.02. The molecule has 0 spiro atoms. The Kier molecular flexibility index (Phi) is 6.23. The summed E-state index contributed by atoms with van der Waals surface area (Å²) >= 11 is 0. The zero-order valence-corrected chi connectivity index (χ0v) is 11.7. The van der Waals surface area contributed by atoms with Gasteiger partial charge in [0.05, 0.1) is 0 Å². The van der Waals surface area contributed by atoms with Crippen molar-refractivity contribution in [2.75, 3.05) is 20.1 Å². The van der Waals surface area contributed by atoms with Crippen LogP contribution in [-0.2, 0) is 13.0 Å². The first-order valence-corrected chi connectivity index (χ1v) is 6.66. The molecule has 1 rings (SSSR count). The highest BCUT2D eigenvalue weighted by Gasteiger charge is 2.05. The smallest absolute Gasteiger partial charge is 0.0211 e. The van der Waals surface area contributed by atoms with Crippen LogP contribution in [0.2, 0.25) is 0 Å². The van der Waals surface area contributed by atoms with Gasteiger partial charge in [-0.05, 0) is 38.1 Å². The molecule has 0 aliphatic carbocycles. The molecule has 17 heavy (non-hydrogen) atoms. The predicted octanol–water partition coefficient (Wildman–Crippen LogP) is 2.68. The Morgan fingerprint density at radius 1 is 1.18 bits per heavy atom. The van der Waals surface area contributed by atoms with Gasteiger partial charge in [0.15, 0.2) is 0 Å². The molecule has 1 N–H and O–H groups in total. The maximum absolute atomic E-state index is 3.60. The van der Waals surface area contributed by atoms with Gasteiger partial charge in [0, 0.05) is 19.1 Å². The van der Waals surface area contributed by atoms with Crippen molar-refractivity contribution < 1.29 is 0 Å². The predicted molar refractivity (Wildman–Crippen MR) is 75.3 cm³/mol. The molecule has 1 aromatic rings. The summed E-state index contributed by atoms with van der Waals surface area (Å²) in [6.07, 6.45) is 1.11. The third-order valence-electron chi connectivity index (χ3n) is 3.27. The summed E-state index contributed by atoms with van der Waals surface area (Å²) in [5, 5.41) is 3.60. The molecule has 0 aliphatic rings. The van der Waals surface area contributed by atoms with Gasteiger partial charge >= 0.3 is 0 Å². The Balaban J connectivity index is 2.44. The van der Waals surface area contributed by atoms with Crippen LogP contribution in [0.3, 0.4) is 0 Å². The summed E-state index contributed by atoms with van der Waals surface area (Å²) < 4.78 is 0. The van der Waals surface area contributed by atoms with E-state index >= 15 is 0 Å². The van der Waals surface area contributed by atoms with E-state index in [0.717, 1.165) is 26.1 Å². The van der Waals surface area contributed by atoms with Crippen LogP contribution in [-0.4, -0.2) is 31.1 Å². The molecule has 0 heterocycles. The zero-order valence-electron chi connectivity index (χ0n) is 11.7. The lowest BCUT2D eigenvalue weighted by Gasteiger charge is -2.21. The fourth-order valence-corrected chi connectivity index (χ4v) is 2.02. The molecule has 0 saturated heterocycles. The second-order valence-corrected chi connectivity index (χ2v) is 4.76. The van der Waals surface area contributed by atoms with E-state index < -0.39 is 0 Å². The minimum absolute atomic E-state index is 0.532. The molecule has 2 heteroatoms. The van der Waals surface area contributed by atoms with Crippen molar-refractivity contribution in [3.63, 3.8) is 0 Å². The van der Waals surface area contributed by atoms with E-state index in [-0.39, 0.29) is 0 Å². The van der Waals surface area contributed by atoms with Gasteiger partial charge in [0.25, 0.3) is 0 Å². The van der Waals surface area contributed by atoms with E-state index in [9.17, 15) is 0 Å². The summed E-state index contributed by atoms with van der Waals surface area (Å²) in [4.78, 5) is 2.34. The van der Waals surface area contributed by atoms with Gasteiger partial charge in [-0.1, -0.05) is 38.1 Å². The van der Waals surface area contributed by atoms with Crippen LogP contribution in [0.15, 0.2) is 24.3 Å². The van der Waals surface area contributed by atoms with Crippen LogP contribution >= 0.6 is 0 Å². The molecule has 2 nitrogen and oxygen atoms in total. The number of hydrogen-bond donors (Lipinski definition) is 1. The Bertz CT molecular complexity index is 322. The summed E-state index contributed by atoms with van der Waals surface area (Å²) in [5.41, 5.74) is 2.89. The molecule has 0 fully saturated rings. The number of nitrogens with zero attached hydrogens (tertiary/aromatic N) is 1. The van der Waals surface area contributed by atoms with Gasteiger partial charge in [-0.2, -0.15) is 0 Å². The highest BCUT2D eigenvalue weighted by molar-refractivity contribution is 5.26. The largest absolute Gasteiger partial charge is 0.309 e. The Hall–Kier alpha value is -0.860. The van der Waals surface area contributed by atoms with Gasteiger partial charge in [-0.25, -0.2) is 0 Å². The van der Waals surface area contributed by atoms with Crippen molar-refractivity contribution >= 4 is 0 Å². The standard InChI is InChI=1S/C15H26N2/c1-5-14-9-7-8-10-15(14)11-16-13(3)12-17(4)6-2/h7-10,13,16H,5-6,11-12H2,1-4H3. The molecule has 0 bridgehead atoms. The van der Waals surface area contributed by atoms with Crippen molar-refractivity contribution in [3.05, 3.63) is 35.4 Å². The summed E-state index contributed by atoms with van der Waals surface area (Å²) in [5.74, 6) is 0.